The maximum absolute atomic E-state index is 13.6. The molecule has 2 aromatic carbocycles. The predicted octanol–water partition coefficient (Wildman–Crippen LogP) is 4.36. The molecule has 1 aliphatic rings. The average Bonchev–Trinajstić information content (AvgIpc) is 3.35. The van der Waals surface area contributed by atoms with Gasteiger partial charge in [-0.2, -0.15) is 5.10 Å². The number of ether oxygens (including phenoxy) is 1. The van der Waals surface area contributed by atoms with Gasteiger partial charge < -0.3 is 9.64 Å². The number of carbonyl (C=O) groups is 1. The molecule has 0 aliphatic carbocycles. The highest BCUT2D eigenvalue weighted by Gasteiger charge is 2.42. The molecule has 31 heavy (non-hydrogen) atoms. The fourth-order valence-electron chi connectivity index (χ4n) is 4.01. The first kappa shape index (κ1) is 19.0. The van der Waals surface area contributed by atoms with Gasteiger partial charge in [0.1, 0.15) is 17.3 Å². The van der Waals surface area contributed by atoms with E-state index in [9.17, 15) is 9.18 Å². The Morgan fingerprint density at radius 3 is 2.55 bits per heavy atom. The van der Waals surface area contributed by atoms with E-state index in [1.807, 2.05) is 36.4 Å². The summed E-state index contributed by atoms with van der Waals surface area (Å²) >= 11 is 0. The van der Waals surface area contributed by atoms with Crippen molar-refractivity contribution in [1.82, 2.24) is 20.1 Å². The van der Waals surface area contributed by atoms with Gasteiger partial charge in [0.25, 0.3) is 5.91 Å². The molecule has 1 N–H and O–H groups in total. The summed E-state index contributed by atoms with van der Waals surface area (Å²) in [5.41, 5.74) is 4.51. The van der Waals surface area contributed by atoms with Gasteiger partial charge in [-0.15, -0.1) is 0 Å². The minimum absolute atomic E-state index is 0.152. The molecular formula is C24H19FN4O2. The fourth-order valence-corrected chi connectivity index (χ4v) is 4.01. The molecular weight excluding hydrogens is 395 g/mol. The number of nitrogens with one attached hydrogen (secondary N) is 1. The SMILES string of the molecule is COc1ccc(-c2n[nH]c3c2C(c2ccc(F)cc2)N(Cc2cccnc2)C3=O)cc1. The summed E-state index contributed by atoms with van der Waals surface area (Å²) in [7, 11) is 1.61. The third-order valence-corrected chi connectivity index (χ3v) is 5.49. The summed E-state index contributed by atoms with van der Waals surface area (Å²) in [6.07, 6.45) is 3.44. The molecule has 0 spiro atoms. The zero-order chi connectivity index (χ0) is 21.4. The number of pyridine rings is 1. The lowest BCUT2D eigenvalue weighted by atomic mass is 9.96. The summed E-state index contributed by atoms with van der Waals surface area (Å²) in [6, 6.07) is 17.1. The molecule has 0 saturated carbocycles. The Balaban J connectivity index is 1.63. The summed E-state index contributed by atoms with van der Waals surface area (Å²) in [5, 5.41) is 7.38. The van der Waals surface area contributed by atoms with E-state index in [2.05, 4.69) is 15.2 Å². The number of rotatable bonds is 5. The Labute approximate surface area is 178 Å². The zero-order valence-corrected chi connectivity index (χ0v) is 16.7. The van der Waals surface area contributed by atoms with Crippen molar-refractivity contribution in [3.8, 4) is 17.0 Å². The second-order valence-corrected chi connectivity index (χ2v) is 7.34. The topological polar surface area (TPSA) is 71.1 Å². The van der Waals surface area contributed by atoms with Gasteiger partial charge in [-0.05, 0) is 53.6 Å². The zero-order valence-electron chi connectivity index (χ0n) is 16.7. The number of aromatic amines is 1. The molecule has 1 atom stereocenters. The molecule has 6 nitrogen and oxygen atoms in total. The second kappa shape index (κ2) is 7.68. The number of halogens is 1. The van der Waals surface area contributed by atoms with E-state index in [1.165, 1.54) is 12.1 Å². The number of fused-ring (bicyclic) bond motifs is 1. The van der Waals surface area contributed by atoms with Crippen LogP contribution in [0, 0.1) is 5.82 Å². The van der Waals surface area contributed by atoms with Crippen molar-refractivity contribution in [3.05, 3.63) is 101 Å². The number of H-pyrrole nitrogens is 1. The summed E-state index contributed by atoms with van der Waals surface area (Å²) in [4.78, 5) is 19.3. The highest BCUT2D eigenvalue weighted by molar-refractivity contribution is 6.00. The van der Waals surface area contributed by atoms with Crippen LogP contribution >= 0.6 is 0 Å². The Bertz CT molecular complexity index is 1220. The van der Waals surface area contributed by atoms with Crippen LogP contribution in [0.15, 0.2) is 73.1 Å². The van der Waals surface area contributed by atoms with E-state index in [0.717, 1.165) is 28.0 Å². The number of hydrogen-bond donors (Lipinski definition) is 1. The number of nitrogens with zero attached hydrogens (tertiary/aromatic N) is 3. The van der Waals surface area contributed by atoms with Crippen molar-refractivity contribution in [2.24, 2.45) is 0 Å². The molecule has 3 heterocycles. The molecule has 1 amide bonds. The van der Waals surface area contributed by atoms with E-state index < -0.39 is 6.04 Å². The largest absolute Gasteiger partial charge is 0.497 e. The van der Waals surface area contributed by atoms with Crippen LogP contribution in [0.4, 0.5) is 4.39 Å². The van der Waals surface area contributed by atoms with Gasteiger partial charge in [0.05, 0.1) is 18.8 Å². The first-order chi connectivity index (χ1) is 15.2. The number of aromatic nitrogens is 3. The highest BCUT2D eigenvalue weighted by atomic mass is 19.1. The van der Waals surface area contributed by atoms with Crippen LogP contribution < -0.4 is 4.74 Å². The van der Waals surface area contributed by atoms with Crippen LogP contribution in [-0.4, -0.2) is 33.1 Å². The molecule has 0 bridgehead atoms. The number of carbonyl (C=O) groups excluding carboxylic acids is 1. The van der Waals surface area contributed by atoms with Crippen molar-refractivity contribution < 1.29 is 13.9 Å². The Morgan fingerprint density at radius 2 is 1.87 bits per heavy atom. The maximum Gasteiger partial charge on any atom is 0.273 e. The summed E-state index contributed by atoms with van der Waals surface area (Å²) < 4.78 is 18.9. The van der Waals surface area contributed by atoms with Crippen LogP contribution in [0.5, 0.6) is 5.75 Å². The minimum atomic E-state index is -0.404. The van der Waals surface area contributed by atoms with Crippen LogP contribution in [0.2, 0.25) is 0 Å². The van der Waals surface area contributed by atoms with Gasteiger partial charge in [-0.1, -0.05) is 18.2 Å². The van der Waals surface area contributed by atoms with Crippen molar-refractivity contribution in [2.45, 2.75) is 12.6 Å². The van der Waals surface area contributed by atoms with Gasteiger partial charge in [-0.25, -0.2) is 4.39 Å². The van der Waals surface area contributed by atoms with Gasteiger partial charge >= 0.3 is 0 Å². The van der Waals surface area contributed by atoms with Crippen molar-refractivity contribution in [1.29, 1.82) is 0 Å². The molecule has 154 valence electrons. The van der Waals surface area contributed by atoms with Gasteiger partial charge in [0.2, 0.25) is 0 Å². The lowest BCUT2D eigenvalue weighted by Crippen LogP contribution is -2.29. The standard InChI is InChI=1S/C24H19FN4O2/c1-31-19-10-6-16(7-11-19)21-20-22(28-27-21)24(30)29(14-15-3-2-12-26-13-15)23(20)17-4-8-18(25)9-5-17/h2-13,23H,14H2,1H3,(H,27,28). The van der Waals surface area contributed by atoms with E-state index >= 15 is 0 Å². The van der Waals surface area contributed by atoms with E-state index in [4.69, 9.17) is 4.74 Å². The lowest BCUT2D eigenvalue weighted by Gasteiger charge is -2.26. The van der Waals surface area contributed by atoms with E-state index in [0.29, 0.717) is 17.9 Å². The normalized spacial score (nSPS) is 15.2. The Morgan fingerprint density at radius 1 is 1.10 bits per heavy atom. The minimum Gasteiger partial charge on any atom is -0.497 e. The lowest BCUT2D eigenvalue weighted by molar-refractivity contribution is 0.0730. The number of hydrogen-bond acceptors (Lipinski definition) is 4. The van der Waals surface area contributed by atoms with Gasteiger partial charge in [0, 0.05) is 30.1 Å². The quantitative estimate of drug-likeness (QED) is 0.527. The van der Waals surface area contributed by atoms with Gasteiger partial charge in [0.15, 0.2) is 0 Å². The molecule has 7 heteroatoms. The summed E-state index contributed by atoms with van der Waals surface area (Å²) in [6.45, 7) is 0.374. The molecule has 1 unspecified atom stereocenters. The molecule has 4 aromatic rings. The van der Waals surface area contributed by atoms with Crippen LogP contribution in [0.1, 0.15) is 33.2 Å². The number of amides is 1. The summed E-state index contributed by atoms with van der Waals surface area (Å²) in [5.74, 6) is 0.260. The number of benzene rings is 2. The van der Waals surface area contributed by atoms with E-state index in [-0.39, 0.29) is 11.7 Å². The maximum atomic E-state index is 13.6. The van der Waals surface area contributed by atoms with Crippen LogP contribution in [0.3, 0.4) is 0 Å². The van der Waals surface area contributed by atoms with E-state index in [1.54, 1.807) is 36.5 Å². The van der Waals surface area contributed by atoms with Crippen LogP contribution in [-0.2, 0) is 6.54 Å². The molecule has 2 aromatic heterocycles. The average molecular weight is 414 g/mol. The Hall–Kier alpha value is -4.00. The smallest absolute Gasteiger partial charge is 0.273 e. The van der Waals surface area contributed by atoms with Gasteiger partial charge in [-0.3, -0.25) is 14.9 Å². The van der Waals surface area contributed by atoms with Crippen molar-refractivity contribution in [2.75, 3.05) is 7.11 Å². The Kier molecular flexibility index (Phi) is 4.71. The first-order valence-corrected chi connectivity index (χ1v) is 9.83. The molecule has 0 fully saturated rings. The van der Waals surface area contributed by atoms with Crippen molar-refractivity contribution in [3.63, 3.8) is 0 Å². The molecule has 0 radical (unpaired) electrons. The third kappa shape index (κ3) is 3.34. The molecule has 1 aliphatic heterocycles. The highest BCUT2D eigenvalue weighted by Crippen LogP contribution is 2.43. The second-order valence-electron chi connectivity index (χ2n) is 7.34. The van der Waals surface area contributed by atoms with Crippen molar-refractivity contribution >= 4 is 5.91 Å². The third-order valence-electron chi connectivity index (χ3n) is 5.49. The first-order valence-electron chi connectivity index (χ1n) is 9.83. The number of methoxy groups -OCH3 is 1. The van der Waals surface area contributed by atoms with Crippen LogP contribution in [0.25, 0.3) is 11.3 Å². The molecule has 5 rings (SSSR count). The monoisotopic (exact) mass is 414 g/mol. The molecule has 0 saturated heterocycles. The fraction of sp³-hybridized carbons (Fsp3) is 0.125. The predicted molar refractivity (Wildman–Crippen MR) is 113 cm³/mol.